The Morgan fingerprint density at radius 3 is 3.00 bits per heavy atom. The monoisotopic (exact) mass is 220 g/mol. The molecule has 0 bridgehead atoms. The fourth-order valence-corrected chi connectivity index (χ4v) is 2.30. The first-order valence-electron chi connectivity index (χ1n) is 5.97. The van der Waals surface area contributed by atoms with Crippen LogP contribution in [0.3, 0.4) is 0 Å². The highest BCUT2D eigenvalue weighted by molar-refractivity contribution is 5.39. The number of aryl methyl sites for hydroxylation is 1. The lowest BCUT2D eigenvalue weighted by Gasteiger charge is -2.38. The largest absolute Gasteiger partial charge is 0.353 e. The van der Waals surface area contributed by atoms with Gasteiger partial charge in [0, 0.05) is 18.8 Å². The summed E-state index contributed by atoms with van der Waals surface area (Å²) in [5.74, 6) is 2.48. The van der Waals surface area contributed by atoms with Crippen molar-refractivity contribution >= 4 is 5.82 Å². The molecule has 2 heterocycles. The topological polar surface area (TPSA) is 55.0 Å². The number of aromatic nitrogens is 2. The van der Waals surface area contributed by atoms with Crippen LogP contribution >= 0.6 is 0 Å². The molecule has 88 valence electrons. The average molecular weight is 220 g/mol. The second-order valence-corrected chi connectivity index (χ2v) is 4.64. The summed E-state index contributed by atoms with van der Waals surface area (Å²) in [5.41, 5.74) is 5.76. The molecule has 0 amide bonds. The fourth-order valence-electron chi connectivity index (χ4n) is 2.30. The Bertz CT molecular complexity index is 353. The summed E-state index contributed by atoms with van der Waals surface area (Å²) < 4.78 is 0. The van der Waals surface area contributed by atoms with E-state index in [9.17, 15) is 0 Å². The zero-order chi connectivity index (χ0) is 11.5. The van der Waals surface area contributed by atoms with Crippen LogP contribution in [-0.2, 0) is 0 Å². The van der Waals surface area contributed by atoms with Crippen molar-refractivity contribution in [3.05, 3.63) is 18.1 Å². The van der Waals surface area contributed by atoms with E-state index >= 15 is 0 Å². The number of piperidine rings is 1. The number of hydrogen-bond acceptors (Lipinski definition) is 4. The van der Waals surface area contributed by atoms with E-state index in [0.29, 0.717) is 12.0 Å². The number of anilines is 1. The molecule has 1 aromatic heterocycles. The van der Waals surface area contributed by atoms with Crippen molar-refractivity contribution in [3.63, 3.8) is 0 Å². The molecule has 1 aliphatic rings. The van der Waals surface area contributed by atoms with Crippen LogP contribution in [0.2, 0.25) is 0 Å². The molecular weight excluding hydrogens is 200 g/mol. The van der Waals surface area contributed by atoms with E-state index < -0.39 is 0 Å². The van der Waals surface area contributed by atoms with Crippen molar-refractivity contribution in [2.75, 3.05) is 18.0 Å². The Kier molecular flexibility index (Phi) is 3.39. The number of nitrogens with two attached hydrogens (primary N) is 1. The van der Waals surface area contributed by atoms with Gasteiger partial charge in [0.2, 0.25) is 0 Å². The molecular formula is C12H20N4. The standard InChI is InChI=1S/C12H20N4/c1-9-3-4-11(7-13)8-16(9)12-5-6-14-10(2)15-12/h5-6,9,11H,3-4,7-8,13H2,1-2H3. The molecule has 2 unspecified atom stereocenters. The third-order valence-corrected chi connectivity index (χ3v) is 3.37. The minimum absolute atomic E-state index is 0.553. The molecule has 1 saturated heterocycles. The zero-order valence-corrected chi connectivity index (χ0v) is 10.1. The maximum atomic E-state index is 5.76. The van der Waals surface area contributed by atoms with Crippen LogP contribution in [0.5, 0.6) is 0 Å². The molecule has 0 saturated carbocycles. The van der Waals surface area contributed by atoms with Crippen molar-refractivity contribution in [2.45, 2.75) is 32.7 Å². The van der Waals surface area contributed by atoms with E-state index in [-0.39, 0.29) is 0 Å². The maximum Gasteiger partial charge on any atom is 0.132 e. The molecule has 1 aromatic rings. The van der Waals surface area contributed by atoms with Gasteiger partial charge in [-0.05, 0) is 45.2 Å². The van der Waals surface area contributed by atoms with Gasteiger partial charge in [0.1, 0.15) is 11.6 Å². The first kappa shape index (κ1) is 11.3. The van der Waals surface area contributed by atoms with Gasteiger partial charge in [-0.25, -0.2) is 9.97 Å². The van der Waals surface area contributed by atoms with Crippen LogP contribution in [0.4, 0.5) is 5.82 Å². The van der Waals surface area contributed by atoms with Gasteiger partial charge in [0.25, 0.3) is 0 Å². The fraction of sp³-hybridized carbons (Fsp3) is 0.667. The van der Waals surface area contributed by atoms with Crippen molar-refractivity contribution in [1.29, 1.82) is 0 Å². The molecule has 0 aliphatic carbocycles. The molecule has 4 nitrogen and oxygen atoms in total. The van der Waals surface area contributed by atoms with Gasteiger partial charge in [0.05, 0.1) is 0 Å². The molecule has 2 N–H and O–H groups in total. The summed E-state index contributed by atoms with van der Waals surface area (Å²) in [6.45, 7) is 5.98. The van der Waals surface area contributed by atoms with Gasteiger partial charge < -0.3 is 10.6 Å². The molecule has 0 radical (unpaired) electrons. The SMILES string of the molecule is Cc1nccc(N2CC(CN)CCC2C)n1. The Morgan fingerprint density at radius 2 is 2.31 bits per heavy atom. The summed E-state index contributed by atoms with van der Waals surface area (Å²) in [5, 5.41) is 0. The Balaban J connectivity index is 2.17. The summed E-state index contributed by atoms with van der Waals surface area (Å²) >= 11 is 0. The van der Waals surface area contributed by atoms with E-state index in [2.05, 4.69) is 21.8 Å². The summed E-state index contributed by atoms with van der Waals surface area (Å²) in [6, 6.07) is 2.54. The molecule has 16 heavy (non-hydrogen) atoms. The Hall–Kier alpha value is -1.16. The van der Waals surface area contributed by atoms with Gasteiger partial charge in [-0.3, -0.25) is 0 Å². The molecule has 1 fully saturated rings. The summed E-state index contributed by atoms with van der Waals surface area (Å²) in [4.78, 5) is 11.0. The molecule has 0 spiro atoms. The highest BCUT2D eigenvalue weighted by Gasteiger charge is 2.25. The van der Waals surface area contributed by atoms with Crippen molar-refractivity contribution < 1.29 is 0 Å². The third-order valence-electron chi connectivity index (χ3n) is 3.37. The van der Waals surface area contributed by atoms with Gasteiger partial charge >= 0.3 is 0 Å². The van der Waals surface area contributed by atoms with Crippen LogP contribution in [0.25, 0.3) is 0 Å². The normalized spacial score (nSPS) is 25.8. The summed E-state index contributed by atoms with van der Waals surface area (Å²) in [7, 11) is 0. The molecule has 2 rings (SSSR count). The van der Waals surface area contributed by atoms with Crippen molar-refractivity contribution in [3.8, 4) is 0 Å². The van der Waals surface area contributed by atoms with Crippen LogP contribution in [0, 0.1) is 12.8 Å². The minimum atomic E-state index is 0.553. The van der Waals surface area contributed by atoms with Gasteiger partial charge in [-0.15, -0.1) is 0 Å². The third kappa shape index (κ3) is 2.32. The lowest BCUT2D eigenvalue weighted by molar-refractivity contribution is 0.371. The second kappa shape index (κ2) is 4.78. The number of rotatable bonds is 2. The van der Waals surface area contributed by atoms with E-state index in [4.69, 9.17) is 5.73 Å². The van der Waals surface area contributed by atoms with Gasteiger partial charge in [-0.2, -0.15) is 0 Å². The van der Waals surface area contributed by atoms with E-state index in [1.807, 2.05) is 19.2 Å². The van der Waals surface area contributed by atoms with Crippen LogP contribution < -0.4 is 10.6 Å². The summed E-state index contributed by atoms with van der Waals surface area (Å²) in [6.07, 6.45) is 4.26. The smallest absolute Gasteiger partial charge is 0.132 e. The highest BCUT2D eigenvalue weighted by atomic mass is 15.2. The molecule has 1 aliphatic heterocycles. The minimum Gasteiger partial charge on any atom is -0.353 e. The molecule has 0 aromatic carbocycles. The second-order valence-electron chi connectivity index (χ2n) is 4.64. The van der Waals surface area contributed by atoms with E-state index in [1.54, 1.807) is 0 Å². The molecule has 2 atom stereocenters. The lowest BCUT2D eigenvalue weighted by atomic mass is 9.93. The van der Waals surface area contributed by atoms with Crippen molar-refractivity contribution in [2.24, 2.45) is 11.7 Å². The average Bonchev–Trinajstić information content (AvgIpc) is 2.30. The Morgan fingerprint density at radius 1 is 1.50 bits per heavy atom. The highest BCUT2D eigenvalue weighted by Crippen LogP contribution is 2.25. The van der Waals surface area contributed by atoms with Crippen LogP contribution in [0.1, 0.15) is 25.6 Å². The van der Waals surface area contributed by atoms with Gasteiger partial charge in [-0.1, -0.05) is 0 Å². The predicted octanol–water partition coefficient (Wildman–Crippen LogP) is 1.35. The van der Waals surface area contributed by atoms with E-state index in [1.165, 1.54) is 12.8 Å². The van der Waals surface area contributed by atoms with Gasteiger partial charge in [0.15, 0.2) is 0 Å². The van der Waals surface area contributed by atoms with E-state index in [0.717, 1.165) is 24.7 Å². The first-order valence-corrected chi connectivity index (χ1v) is 5.97. The number of nitrogens with zero attached hydrogens (tertiary/aromatic N) is 3. The zero-order valence-electron chi connectivity index (χ0n) is 10.1. The first-order chi connectivity index (χ1) is 7.70. The Labute approximate surface area is 96.9 Å². The number of hydrogen-bond donors (Lipinski definition) is 1. The maximum absolute atomic E-state index is 5.76. The van der Waals surface area contributed by atoms with Crippen LogP contribution in [-0.4, -0.2) is 29.1 Å². The van der Waals surface area contributed by atoms with Crippen molar-refractivity contribution in [1.82, 2.24) is 9.97 Å². The molecule has 4 heteroatoms. The van der Waals surface area contributed by atoms with Crippen LogP contribution in [0.15, 0.2) is 12.3 Å². The predicted molar refractivity (Wildman–Crippen MR) is 65.4 cm³/mol. The lowest BCUT2D eigenvalue weighted by Crippen LogP contribution is -2.44. The quantitative estimate of drug-likeness (QED) is 0.817.